The van der Waals surface area contributed by atoms with Crippen molar-refractivity contribution in [2.75, 3.05) is 6.54 Å². The van der Waals surface area contributed by atoms with Crippen LogP contribution in [0, 0.1) is 5.82 Å². The summed E-state index contributed by atoms with van der Waals surface area (Å²) < 4.78 is 13.3. The molecule has 1 aliphatic rings. The van der Waals surface area contributed by atoms with Gasteiger partial charge in [-0.15, -0.1) is 17.9 Å². The third-order valence-corrected chi connectivity index (χ3v) is 4.63. The Morgan fingerprint density at radius 1 is 1.43 bits per heavy atom. The fraction of sp³-hybridized carbons (Fsp3) is 0.0625. The Hall–Kier alpha value is -2.25. The minimum atomic E-state index is -0.339. The number of amidine groups is 1. The normalized spacial score (nSPS) is 18.1. The van der Waals surface area contributed by atoms with Gasteiger partial charge in [-0.2, -0.15) is 4.99 Å². The molecule has 0 bridgehead atoms. The predicted molar refractivity (Wildman–Crippen MR) is 93.1 cm³/mol. The fourth-order valence-corrected chi connectivity index (χ4v) is 3.53. The van der Waals surface area contributed by atoms with E-state index in [9.17, 15) is 9.18 Å². The standard InChI is InChI=1S/C16H12FN3OS2/c1-2-7-20-14(21)13(10-11-4-3-5-12(17)9-11)23-16(20)19-15-18-6-8-22-15/h2-6,8-10H,1,7H2/b13-10-,19-16+. The zero-order valence-electron chi connectivity index (χ0n) is 12.0. The van der Waals surface area contributed by atoms with E-state index in [1.54, 1.807) is 30.5 Å². The van der Waals surface area contributed by atoms with Crippen molar-refractivity contribution in [3.05, 3.63) is 64.8 Å². The molecule has 116 valence electrons. The van der Waals surface area contributed by atoms with Gasteiger partial charge in [-0.25, -0.2) is 9.37 Å². The van der Waals surface area contributed by atoms with E-state index in [-0.39, 0.29) is 11.7 Å². The molecule has 0 saturated carbocycles. The van der Waals surface area contributed by atoms with Crippen LogP contribution in [0.2, 0.25) is 0 Å². The molecule has 23 heavy (non-hydrogen) atoms. The largest absolute Gasteiger partial charge is 0.282 e. The second-order valence-corrected chi connectivity index (χ2v) is 6.46. The molecule has 0 radical (unpaired) electrons. The second-order valence-electron chi connectivity index (χ2n) is 4.58. The van der Waals surface area contributed by atoms with E-state index >= 15 is 0 Å². The van der Waals surface area contributed by atoms with Gasteiger partial charge in [0.2, 0.25) is 5.13 Å². The van der Waals surface area contributed by atoms with Crippen LogP contribution >= 0.6 is 23.1 Å². The van der Waals surface area contributed by atoms with Crippen LogP contribution in [0.4, 0.5) is 9.52 Å². The van der Waals surface area contributed by atoms with Gasteiger partial charge in [-0.3, -0.25) is 9.69 Å². The van der Waals surface area contributed by atoms with Crippen molar-refractivity contribution in [1.82, 2.24) is 9.88 Å². The number of carbonyl (C=O) groups excluding carboxylic acids is 1. The number of rotatable bonds is 4. The summed E-state index contributed by atoms with van der Waals surface area (Å²) in [5.74, 6) is -0.510. The Balaban J connectivity index is 1.94. The molecule has 1 saturated heterocycles. The molecule has 1 aromatic heterocycles. The lowest BCUT2D eigenvalue weighted by Gasteiger charge is -2.11. The van der Waals surface area contributed by atoms with Gasteiger partial charge < -0.3 is 0 Å². The molecule has 0 unspecified atom stereocenters. The molecule has 0 atom stereocenters. The topological polar surface area (TPSA) is 45.6 Å². The maximum absolute atomic E-state index is 13.3. The van der Waals surface area contributed by atoms with Crippen molar-refractivity contribution < 1.29 is 9.18 Å². The highest BCUT2D eigenvalue weighted by atomic mass is 32.2. The van der Waals surface area contributed by atoms with Gasteiger partial charge in [-0.1, -0.05) is 18.2 Å². The van der Waals surface area contributed by atoms with Gasteiger partial charge in [0.15, 0.2) is 5.17 Å². The molecule has 0 spiro atoms. The van der Waals surface area contributed by atoms with Crippen molar-refractivity contribution in [2.45, 2.75) is 0 Å². The molecule has 1 aromatic carbocycles. The first-order valence-electron chi connectivity index (χ1n) is 6.73. The summed E-state index contributed by atoms with van der Waals surface area (Å²) >= 11 is 2.64. The molecule has 1 fully saturated rings. The molecule has 2 aromatic rings. The lowest BCUT2D eigenvalue weighted by molar-refractivity contribution is -0.121. The van der Waals surface area contributed by atoms with Gasteiger partial charge in [0.05, 0.1) is 4.91 Å². The molecule has 7 heteroatoms. The minimum Gasteiger partial charge on any atom is -0.282 e. The van der Waals surface area contributed by atoms with E-state index in [2.05, 4.69) is 16.6 Å². The Labute approximate surface area is 141 Å². The van der Waals surface area contributed by atoms with Gasteiger partial charge in [0.25, 0.3) is 5.91 Å². The number of aliphatic imine (C=N–C) groups is 1. The molecule has 4 nitrogen and oxygen atoms in total. The van der Waals surface area contributed by atoms with E-state index in [0.717, 1.165) is 0 Å². The average molecular weight is 345 g/mol. The summed E-state index contributed by atoms with van der Waals surface area (Å²) in [6.07, 6.45) is 4.96. The number of amides is 1. The maximum atomic E-state index is 13.3. The Morgan fingerprint density at radius 2 is 2.30 bits per heavy atom. The van der Waals surface area contributed by atoms with Crippen molar-refractivity contribution in [1.29, 1.82) is 0 Å². The second kappa shape index (κ2) is 6.89. The number of aromatic nitrogens is 1. The first-order valence-corrected chi connectivity index (χ1v) is 8.43. The summed E-state index contributed by atoms with van der Waals surface area (Å²) in [5.41, 5.74) is 0.634. The number of benzene rings is 1. The van der Waals surface area contributed by atoms with Crippen LogP contribution in [0.15, 0.2) is 58.4 Å². The van der Waals surface area contributed by atoms with Crippen LogP contribution in [0.5, 0.6) is 0 Å². The van der Waals surface area contributed by atoms with Crippen LogP contribution < -0.4 is 0 Å². The zero-order valence-corrected chi connectivity index (χ0v) is 13.6. The molecule has 1 aliphatic heterocycles. The number of hydrogen-bond donors (Lipinski definition) is 0. The van der Waals surface area contributed by atoms with E-state index in [1.165, 1.54) is 40.1 Å². The number of thioether (sulfide) groups is 1. The highest BCUT2D eigenvalue weighted by Crippen LogP contribution is 2.34. The SMILES string of the molecule is C=CCN1C(=O)/C(=C/c2cccc(F)c2)S/C1=N/c1nccs1. The first-order chi connectivity index (χ1) is 11.2. The monoisotopic (exact) mass is 345 g/mol. The van der Waals surface area contributed by atoms with Crippen molar-refractivity contribution in [2.24, 2.45) is 4.99 Å². The average Bonchev–Trinajstić information content (AvgIpc) is 3.12. The van der Waals surface area contributed by atoms with Crippen LogP contribution in [-0.4, -0.2) is 27.5 Å². The number of hydrogen-bond acceptors (Lipinski definition) is 5. The van der Waals surface area contributed by atoms with Crippen molar-refractivity contribution >= 4 is 45.4 Å². The van der Waals surface area contributed by atoms with Crippen LogP contribution in [0.3, 0.4) is 0 Å². The van der Waals surface area contributed by atoms with E-state index < -0.39 is 0 Å². The summed E-state index contributed by atoms with van der Waals surface area (Å²) in [5, 5.41) is 2.95. The number of carbonyl (C=O) groups is 1. The molecule has 0 aliphatic carbocycles. The number of thiazole rings is 1. The smallest absolute Gasteiger partial charge is 0.267 e. The zero-order chi connectivity index (χ0) is 16.2. The van der Waals surface area contributed by atoms with Crippen LogP contribution in [0.1, 0.15) is 5.56 Å². The highest BCUT2D eigenvalue weighted by Gasteiger charge is 2.32. The molecular formula is C16H12FN3OS2. The molecule has 0 N–H and O–H groups in total. The highest BCUT2D eigenvalue weighted by molar-refractivity contribution is 8.18. The molecule has 3 rings (SSSR count). The predicted octanol–water partition coefficient (Wildman–Crippen LogP) is 4.07. The number of halogens is 1. The molecular weight excluding hydrogens is 333 g/mol. The van der Waals surface area contributed by atoms with Gasteiger partial charge in [0, 0.05) is 18.1 Å². The summed E-state index contributed by atoms with van der Waals surface area (Å²) in [6, 6.07) is 6.11. The Morgan fingerprint density at radius 3 is 3.00 bits per heavy atom. The third-order valence-electron chi connectivity index (χ3n) is 2.96. The minimum absolute atomic E-state index is 0.172. The van der Waals surface area contributed by atoms with Crippen molar-refractivity contribution in [3.8, 4) is 0 Å². The van der Waals surface area contributed by atoms with Crippen LogP contribution in [-0.2, 0) is 4.79 Å². The van der Waals surface area contributed by atoms with E-state index in [1.807, 2.05) is 5.38 Å². The molecule has 1 amide bonds. The lowest BCUT2D eigenvalue weighted by Crippen LogP contribution is -2.29. The van der Waals surface area contributed by atoms with Crippen molar-refractivity contribution in [3.63, 3.8) is 0 Å². The van der Waals surface area contributed by atoms with Gasteiger partial charge >= 0.3 is 0 Å². The lowest BCUT2D eigenvalue weighted by atomic mass is 10.2. The quantitative estimate of drug-likeness (QED) is 0.620. The van der Waals surface area contributed by atoms with E-state index in [4.69, 9.17) is 0 Å². The summed E-state index contributed by atoms with van der Waals surface area (Å²) in [6.45, 7) is 4.03. The van der Waals surface area contributed by atoms with Gasteiger partial charge in [0.1, 0.15) is 5.82 Å². The molecule has 2 heterocycles. The van der Waals surface area contributed by atoms with E-state index in [0.29, 0.717) is 27.3 Å². The Kier molecular flexibility index (Phi) is 4.68. The fourth-order valence-electron chi connectivity index (χ4n) is 1.98. The number of nitrogens with zero attached hydrogens (tertiary/aromatic N) is 3. The van der Waals surface area contributed by atoms with Crippen LogP contribution in [0.25, 0.3) is 6.08 Å². The third kappa shape index (κ3) is 3.57. The first kappa shape index (κ1) is 15.6. The summed E-state index contributed by atoms with van der Waals surface area (Å²) in [4.78, 5) is 23.1. The Bertz CT molecular complexity index is 799. The maximum Gasteiger partial charge on any atom is 0.267 e. The van der Waals surface area contributed by atoms with Gasteiger partial charge in [-0.05, 0) is 35.5 Å². The summed E-state index contributed by atoms with van der Waals surface area (Å²) in [7, 11) is 0.